The predicted octanol–water partition coefficient (Wildman–Crippen LogP) is 4.69. The second-order valence-electron chi connectivity index (χ2n) is 7.99. The molecule has 1 aliphatic rings. The number of nitrogens with zero attached hydrogens (tertiary/aromatic N) is 1. The molecule has 3 aromatic rings. The van der Waals surface area contributed by atoms with E-state index >= 15 is 0 Å². The summed E-state index contributed by atoms with van der Waals surface area (Å²) in [6.07, 6.45) is 1.23. The number of hydrogen-bond donors (Lipinski definition) is 3. The normalized spacial score (nSPS) is 14.5. The number of phenols is 1. The Morgan fingerprint density at radius 3 is 2.27 bits per heavy atom. The van der Waals surface area contributed by atoms with Crippen molar-refractivity contribution in [3.63, 3.8) is 0 Å². The number of rotatable bonds is 6. The van der Waals surface area contributed by atoms with Crippen molar-refractivity contribution >= 4 is 64.4 Å². The highest BCUT2D eigenvalue weighted by Crippen LogP contribution is 2.35. The highest BCUT2D eigenvalue weighted by atomic mass is 35.5. The number of aromatic hydroxyl groups is 1. The summed E-state index contributed by atoms with van der Waals surface area (Å²) in [6, 6.07) is 14.4. The average molecular weight is 540 g/mol. The first-order valence-electron chi connectivity index (χ1n) is 10.8. The first kappa shape index (κ1) is 25.7. The van der Waals surface area contributed by atoms with Gasteiger partial charge in [-0.25, -0.2) is 9.69 Å². The number of benzene rings is 3. The summed E-state index contributed by atoms with van der Waals surface area (Å²) in [5.41, 5.74) is 1.75. The van der Waals surface area contributed by atoms with Gasteiger partial charge in [0.25, 0.3) is 17.7 Å². The Morgan fingerprint density at radius 1 is 1.03 bits per heavy atom. The first-order chi connectivity index (χ1) is 17.6. The van der Waals surface area contributed by atoms with E-state index < -0.39 is 23.8 Å². The number of carbonyl (C=O) groups is 4. The molecule has 0 unspecified atom stereocenters. The minimum atomic E-state index is -0.929. The van der Waals surface area contributed by atoms with Gasteiger partial charge in [0, 0.05) is 5.69 Å². The third kappa shape index (κ3) is 5.91. The second-order valence-corrected chi connectivity index (χ2v) is 8.81. The third-order valence-corrected chi connectivity index (χ3v) is 5.79. The lowest BCUT2D eigenvalue weighted by molar-refractivity contribution is -0.122. The van der Waals surface area contributed by atoms with Crippen LogP contribution in [-0.2, 0) is 14.4 Å². The average Bonchev–Trinajstić information content (AvgIpc) is 2.84. The predicted molar refractivity (Wildman–Crippen MR) is 139 cm³/mol. The molecule has 0 spiro atoms. The number of halogens is 2. The molecule has 0 radical (unpaired) electrons. The summed E-state index contributed by atoms with van der Waals surface area (Å²) in [5.74, 6) is -2.21. The number of amides is 5. The van der Waals surface area contributed by atoms with E-state index in [1.54, 1.807) is 12.1 Å². The highest BCUT2D eigenvalue weighted by molar-refractivity contribution is 6.40. The fourth-order valence-electron chi connectivity index (χ4n) is 3.43. The van der Waals surface area contributed by atoms with Crippen LogP contribution in [0, 0.1) is 6.92 Å². The van der Waals surface area contributed by atoms with Crippen molar-refractivity contribution in [2.75, 3.05) is 16.8 Å². The van der Waals surface area contributed by atoms with E-state index in [1.165, 1.54) is 42.5 Å². The molecule has 9 nitrogen and oxygen atoms in total. The van der Waals surface area contributed by atoms with Gasteiger partial charge in [0.2, 0.25) is 0 Å². The topological polar surface area (TPSA) is 125 Å². The zero-order chi connectivity index (χ0) is 26.7. The molecule has 3 N–H and O–H groups in total. The van der Waals surface area contributed by atoms with Gasteiger partial charge < -0.3 is 15.2 Å². The number of urea groups is 1. The lowest BCUT2D eigenvalue weighted by atomic mass is 10.1. The largest absolute Gasteiger partial charge is 0.508 e. The fourth-order valence-corrected chi connectivity index (χ4v) is 4.05. The van der Waals surface area contributed by atoms with Crippen LogP contribution in [0.15, 0.2) is 66.2 Å². The Bertz CT molecular complexity index is 1410. The first-order valence-corrected chi connectivity index (χ1v) is 11.6. The Balaban J connectivity index is 1.51. The number of imide groups is 2. The molecule has 3 aromatic carbocycles. The minimum Gasteiger partial charge on any atom is -0.508 e. The van der Waals surface area contributed by atoms with Crippen molar-refractivity contribution in [1.29, 1.82) is 0 Å². The molecule has 0 saturated carbocycles. The molecule has 0 atom stereocenters. The van der Waals surface area contributed by atoms with Gasteiger partial charge in [-0.3, -0.25) is 19.7 Å². The number of hydrogen-bond acceptors (Lipinski definition) is 6. The number of nitrogens with one attached hydrogen (secondary N) is 2. The molecule has 1 aliphatic heterocycles. The van der Waals surface area contributed by atoms with E-state index in [2.05, 4.69) is 10.6 Å². The SMILES string of the molecule is Cc1ccc(NC(=O)COc2c(Cl)cc(/C=C3\C(=O)NC(=O)N(c4ccc(O)cc4)C3=O)cc2Cl)cc1. The highest BCUT2D eigenvalue weighted by Gasteiger charge is 2.36. The van der Waals surface area contributed by atoms with Gasteiger partial charge in [-0.05, 0) is 67.1 Å². The standard InChI is InChI=1S/C26H19Cl2N3O6/c1-14-2-4-16(5-3-14)29-22(33)13-37-23-20(27)11-15(12-21(23)28)10-19-24(34)30-26(36)31(25(19)35)17-6-8-18(32)9-7-17/h2-12,32H,13H2,1H3,(H,29,33)(H,30,34,36)/b19-10+. The molecular formula is C26H19Cl2N3O6. The van der Waals surface area contributed by atoms with Gasteiger partial charge in [0.1, 0.15) is 11.3 Å². The molecule has 4 rings (SSSR count). The van der Waals surface area contributed by atoms with Crippen LogP contribution in [0.1, 0.15) is 11.1 Å². The van der Waals surface area contributed by atoms with E-state index in [4.69, 9.17) is 27.9 Å². The number of barbiturate groups is 1. The quantitative estimate of drug-likeness (QED) is 0.308. The van der Waals surface area contributed by atoms with Gasteiger partial charge >= 0.3 is 6.03 Å². The number of anilines is 2. The molecule has 5 amide bonds. The van der Waals surface area contributed by atoms with Crippen molar-refractivity contribution in [3.05, 3.63) is 87.4 Å². The van der Waals surface area contributed by atoms with Crippen LogP contribution in [0.4, 0.5) is 16.2 Å². The summed E-state index contributed by atoms with van der Waals surface area (Å²) < 4.78 is 5.49. The molecular weight excluding hydrogens is 521 g/mol. The molecule has 0 aliphatic carbocycles. The second kappa shape index (κ2) is 10.7. The van der Waals surface area contributed by atoms with Gasteiger partial charge in [0.05, 0.1) is 15.7 Å². The zero-order valence-corrected chi connectivity index (χ0v) is 20.8. The Morgan fingerprint density at radius 2 is 1.65 bits per heavy atom. The lowest BCUT2D eigenvalue weighted by Gasteiger charge is -2.26. The maximum Gasteiger partial charge on any atom is 0.335 e. The lowest BCUT2D eigenvalue weighted by Crippen LogP contribution is -2.54. The number of carbonyl (C=O) groups excluding carboxylic acids is 4. The van der Waals surface area contributed by atoms with Crippen LogP contribution in [0.5, 0.6) is 11.5 Å². The summed E-state index contributed by atoms with van der Waals surface area (Å²) in [7, 11) is 0. The number of ether oxygens (including phenoxy) is 1. The van der Waals surface area contributed by atoms with Crippen molar-refractivity contribution in [3.8, 4) is 11.5 Å². The number of phenolic OH excluding ortho intramolecular Hbond substituents is 1. The Hall–Kier alpha value is -4.34. The summed E-state index contributed by atoms with van der Waals surface area (Å²) in [4.78, 5) is 50.7. The number of aryl methyl sites for hydroxylation is 1. The van der Waals surface area contributed by atoms with E-state index in [9.17, 15) is 24.3 Å². The van der Waals surface area contributed by atoms with Crippen molar-refractivity contribution in [2.45, 2.75) is 6.92 Å². The molecule has 1 saturated heterocycles. The van der Waals surface area contributed by atoms with Crippen LogP contribution < -0.4 is 20.3 Å². The molecule has 37 heavy (non-hydrogen) atoms. The van der Waals surface area contributed by atoms with E-state index in [-0.39, 0.29) is 45.0 Å². The van der Waals surface area contributed by atoms with E-state index in [0.717, 1.165) is 10.5 Å². The van der Waals surface area contributed by atoms with Gasteiger partial charge in [0.15, 0.2) is 12.4 Å². The smallest absolute Gasteiger partial charge is 0.335 e. The molecule has 1 heterocycles. The summed E-state index contributed by atoms with van der Waals surface area (Å²) >= 11 is 12.6. The van der Waals surface area contributed by atoms with Gasteiger partial charge in [-0.15, -0.1) is 0 Å². The zero-order valence-electron chi connectivity index (χ0n) is 19.2. The molecule has 0 bridgehead atoms. The van der Waals surface area contributed by atoms with Crippen LogP contribution in [0.3, 0.4) is 0 Å². The van der Waals surface area contributed by atoms with E-state index in [1.807, 2.05) is 19.1 Å². The summed E-state index contributed by atoms with van der Waals surface area (Å²) in [6.45, 7) is 1.57. The molecule has 11 heteroatoms. The molecule has 1 fully saturated rings. The maximum absolute atomic E-state index is 13.0. The van der Waals surface area contributed by atoms with Crippen molar-refractivity contribution in [2.24, 2.45) is 0 Å². The van der Waals surface area contributed by atoms with Crippen LogP contribution in [-0.4, -0.2) is 35.5 Å². The van der Waals surface area contributed by atoms with Crippen molar-refractivity contribution in [1.82, 2.24) is 5.32 Å². The van der Waals surface area contributed by atoms with Crippen LogP contribution in [0.25, 0.3) is 6.08 Å². The third-order valence-electron chi connectivity index (χ3n) is 5.22. The summed E-state index contributed by atoms with van der Waals surface area (Å²) in [5, 5.41) is 14.3. The Kier molecular flexibility index (Phi) is 7.47. The fraction of sp³-hybridized carbons (Fsp3) is 0.0769. The van der Waals surface area contributed by atoms with Crippen LogP contribution >= 0.6 is 23.2 Å². The molecule has 0 aromatic heterocycles. The van der Waals surface area contributed by atoms with Crippen molar-refractivity contribution < 1.29 is 29.0 Å². The molecule has 188 valence electrons. The van der Waals surface area contributed by atoms with E-state index in [0.29, 0.717) is 5.69 Å². The van der Waals surface area contributed by atoms with Crippen LogP contribution in [0.2, 0.25) is 10.0 Å². The Labute approximate surface area is 221 Å². The van der Waals surface area contributed by atoms with Gasteiger partial charge in [-0.1, -0.05) is 40.9 Å². The minimum absolute atomic E-state index is 0.0395. The van der Waals surface area contributed by atoms with Gasteiger partial charge in [-0.2, -0.15) is 0 Å². The maximum atomic E-state index is 13.0. The monoisotopic (exact) mass is 539 g/mol.